The van der Waals surface area contributed by atoms with Gasteiger partial charge in [-0.3, -0.25) is 0 Å². The van der Waals surface area contributed by atoms with Gasteiger partial charge in [0, 0.05) is 5.56 Å². The second-order valence-corrected chi connectivity index (χ2v) is 4.59. The minimum absolute atomic E-state index is 0.109. The molecule has 0 saturated heterocycles. The fourth-order valence-electron chi connectivity index (χ4n) is 1.78. The van der Waals surface area contributed by atoms with Crippen LogP contribution in [0.5, 0.6) is 5.75 Å². The van der Waals surface area contributed by atoms with Crippen LogP contribution in [0.3, 0.4) is 0 Å². The van der Waals surface area contributed by atoms with Gasteiger partial charge in [0.1, 0.15) is 18.2 Å². The van der Waals surface area contributed by atoms with Gasteiger partial charge in [0.25, 0.3) is 0 Å². The fourth-order valence-corrected chi connectivity index (χ4v) is 1.97. The molecular weight excluding hydrogens is 265 g/mol. The van der Waals surface area contributed by atoms with Crippen molar-refractivity contribution >= 4 is 11.6 Å². The lowest BCUT2D eigenvalue weighted by atomic mass is 10.1. The highest BCUT2D eigenvalue weighted by Crippen LogP contribution is 2.20. The van der Waals surface area contributed by atoms with Crippen LogP contribution in [0.4, 0.5) is 4.39 Å². The summed E-state index contributed by atoms with van der Waals surface area (Å²) >= 11 is 5.72. The van der Waals surface area contributed by atoms with Gasteiger partial charge in [-0.2, -0.15) is 0 Å². The van der Waals surface area contributed by atoms with Gasteiger partial charge in [-0.1, -0.05) is 35.9 Å². The Morgan fingerprint density at radius 3 is 2.74 bits per heavy atom. The van der Waals surface area contributed by atoms with Crippen LogP contribution in [0.15, 0.2) is 42.5 Å². The quantitative estimate of drug-likeness (QED) is 0.908. The summed E-state index contributed by atoms with van der Waals surface area (Å²) in [5, 5.41) is 0.109. The number of nitrogens with two attached hydrogens (primary N) is 1. The lowest BCUT2D eigenvalue weighted by Gasteiger charge is -2.09. The molecule has 2 aromatic carbocycles. The van der Waals surface area contributed by atoms with Crippen molar-refractivity contribution in [3.8, 4) is 5.75 Å². The summed E-state index contributed by atoms with van der Waals surface area (Å²) in [6, 6.07) is 12.5. The molecule has 0 spiro atoms. The Balaban J connectivity index is 2.06. The molecule has 0 amide bonds. The highest BCUT2D eigenvalue weighted by molar-refractivity contribution is 6.30. The van der Waals surface area contributed by atoms with Crippen molar-refractivity contribution in [2.75, 3.05) is 6.54 Å². The van der Waals surface area contributed by atoms with Crippen molar-refractivity contribution in [3.05, 3.63) is 64.4 Å². The number of ether oxygens (including phenoxy) is 1. The Bertz CT molecular complexity index is 560. The zero-order valence-corrected chi connectivity index (χ0v) is 11.2. The van der Waals surface area contributed by atoms with E-state index in [9.17, 15) is 4.39 Å². The first-order chi connectivity index (χ1) is 9.20. The van der Waals surface area contributed by atoms with E-state index in [4.69, 9.17) is 22.1 Å². The molecule has 0 saturated carbocycles. The van der Waals surface area contributed by atoms with Gasteiger partial charge in [0.15, 0.2) is 0 Å². The smallest absolute Gasteiger partial charge is 0.148 e. The third-order valence-electron chi connectivity index (χ3n) is 2.76. The first-order valence-corrected chi connectivity index (χ1v) is 6.43. The maximum absolute atomic E-state index is 13.7. The van der Waals surface area contributed by atoms with Gasteiger partial charge in [-0.05, 0) is 36.7 Å². The normalized spacial score (nSPS) is 10.5. The Hall–Kier alpha value is -1.58. The summed E-state index contributed by atoms with van der Waals surface area (Å²) in [7, 11) is 0. The van der Waals surface area contributed by atoms with Gasteiger partial charge in [0.2, 0.25) is 0 Å². The summed E-state index contributed by atoms with van der Waals surface area (Å²) in [6.07, 6.45) is 0.794. The van der Waals surface area contributed by atoms with Gasteiger partial charge in [-0.25, -0.2) is 4.39 Å². The summed E-state index contributed by atoms with van der Waals surface area (Å²) in [5.41, 5.74) is 7.05. The van der Waals surface area contributed by atoms with Gasteiger partial charge in [-0.15, -0.1) is 0 Å². The topological polar surface area (TPSA) is 35.2 Å². The van der Waals surface area contributed by atoms with E-state index in [1.165, 1.54) is 6.07 Å². The van der Waals surface area contributed by atoms with Crippen LogP contribution in [-0.4, -0.2) is 6.54 Å². The molecule has 2 rings (SSSR count). The first-order valence-electron chi connectivity index (χ1n) is 6.05. The lowest BCUT2D eigenvalue weighted by molar-refractivity contribution is 0.299. The Labute approximate surface area is 117 Å². The van der Waals surface area contributed by atoms with Gasteiger partial charge in [0.05, 0.1) is 5.02 Å². The van der Waals surface area contributed by atoms with E-state index in [1.54, 1.807) is 12.1 Å². The third kappa shape index (κ3) is 3.69. The van der Waals surface area contributed by atoms with Crippen LogP contribution in [0.25, 0.3) is 0 Å². The van der Waals surface area contributed by atoms with Crippen LogP contribution in [-0.2, 0) is 13.0 Å². The van der Waals surface area contributed by atoms with Crippen LogP contribution >= 0.6 is 11.6 Å². The average Bonchev–Trinajstić information content (AvgIpc) is 2.41. The zero-order valence-electron chi connectivity index (χ0n) is 10.4. The molecule has 0 bridgehead atoms. The second kappa shape index (κ2) is 6.55. The molecule has 0 heterocycles. The second-order valence-electron chi connectivity index (χ2n) is 4.19. The van der Waals surface area contributed by atoms with Crippen molar-refractivity contribution in [1.82, 2.24) is 0 Å². The lowest BCUT2D eigenvalue weighted by Crippen LogP contribution is -2.03. The van der Waals surface area contributed by atoms with Gasteiger partial charge >= 0.3 is 0 Å². The monoisotopic (exact) mass is 279 g/mol. The van der Waals surface area contributed by atoms with Crippen LogP contribution in [0.2, 0.25) is 5.02 Å². The van der Waals surface area contributed by atoms with Crippen LogP contribution in [0, 0.1) is 5.82 Å². The molecule has 0 fully saturated rings. The van der Waals surface area contributed by atoms with Crippen molar-refractivity contribution in [2.45, 2.75) is 13.0 Å². The van der Waals surface area contributed by atoms with E-state index in [0.717, 1.165) is 12.0 Å². The van der Waals surface area contributed by atoms with Crippen molar-refractivity contribution in [2.24, 2.45) is 5.73 Å². The minimum Gasteiger partial charge on any atom is -0.489 e. The third-order valence-corrected chi connectivity index (χ3v) is 3.05. The van der Waals surface area contributed by atoms with Gasteiger partial charge < -0.3 is 10.5 Å². The predicted molar refractivity (Wildman–Crippen MR) is 74.9 cm³/mol. The van der Waals surface area contributed by atoms with E-state index < -0.39 is 5.82 Å². The fraction of sp³-hybridized carbons (Fsp3) is 0.200. The Morgan fingerprint density at radius 2 is 1.95 bits per heavy atom. The molecule has 0 unspecified atom stereocenters. The average molecular weight is 280 g/mol. The highest BCUT2D eigenvalue weighted by Gasteiger charge is 2.06. The van der Waals surface area contributed by atoms with Crippen LogP contribution < -0.4 is 10.5 Å². The molecule has 0 aromatic heterocycles. The first kappa shape index (κ1) is 13.8. The number of halogens is 2. The summed E-state index contributed by atoms with van der Waals surface area (Å²) in [4.78, 5) is 0. The van der Waals surface area contributed by atoms with Crippen molar-refractivity contribution in [1.29, 1.82) is 0 Å². The number of hydrogen-bond donors (Lipinski definition) is 1. The molecule has 0 aliphatic rings. The van der Waals surface area contributed by atoms with E-state index in [0.29, 0.717) is 17.9 Å². The molecule has 19 heavy (non-hydrogen) atoms. The van der Waals surface area contributed by atoms with E-state index >= 15 is 0 Å². The van der Waals surface area contributed by atoms with E-state index in [-0.39, 0.29) is 11.6 Å². The molecule has 0 aliphatic heterocycles. The number of benzene rings is 2. The molecule has 2 N–H and O–H groups in total. The molecule has 4 heteroatoms. The molecule has 0 aliphatic carbocycles. The standard InChI is InChI=1S/C15H15ClFNO/c16-14-6-2-4-12(15(14)17)10-19-13-5-1-3-11(9-13)7-8-18/h1-6,9H,7-8,10,18H2. The minimum atomic E-state index is -0.428. The number of hydrogen-bond acceptors (Lipinski definition) is 2. The molecule has 0 atom stereocenters. The summed E-state index contributed by atoms with van der Waals surface area (Å²) < 4.78 is 19.3. The summed E-state index contributed by atoms with van der Waals surface area (Å²) in [5.74, 6) is 0.271. The zero-order chi connectivity index (χ0) is 13.7. The van der Waals surface area contributed by atoms with E-state index in [1.807, 2.05) is 24.3 Å². The maximum atomic E-state index is 13.7. The predicted octanol–water partition coefficient (Wildman–Crippen LogP) is 3.56. The Kier molecular flexibility index (Phi) is 4.77. The number of rotatable bonds is 5. The molecule has 2 nitrogen and oxygen atoms in total. The molecule has 2 aromatic rings. The highest BCUT2D eigenvalue weighted by atomic mass is 35.5. The SMILES string of the molecule is NCCc1cccc(OCc2cccc(Cl)c2F)c1. The molecule has 0 radical (unpaired) electrons. The van der Waals surface area contributed by atoms with E-state index in [2.05, 4.69) is 0 Å². The maximum Gasteiger partial charge on any atom is 0.148 e. The largest absolute Gasteiger partial charge is 0.489 e. The summed E-state index contributed by atoms with van der Waals surface area (Å²) in [6.45, 7) is 0.741. The Morgan fingerprint density at radius 1 is 1.16 bits per heavy atom. The van der Waals surface area contributed by atoms with Crippen molar-refractivity contribution in [3.63, 3.8) is 0 Å². The van der Waals surface area contributed by atoms with Crippen LogP contribution in [0.1, 0.15) is 11.1 Å². The van der Waals surface area contributed by atoms with Crippen molar-refractivity contribution < 1.29 is 9.13 Å². The molecule has 100 valence electrons. The molecular formula is C15H15ClFNO.